The van der Waals surface area contributed by atoms with Gasteiger partial charge in [-0.3, -0.25) is 9.78 Å². The summed E-state index contributed by atoms with van der Waals surface area (Å²) in [6, 6.07) is 13.6. The number of anilines is 1. The summed E-state index contributed by atoms with van der Waals surface area (Å²) in [6.45, 7) is 0. The quantitative estimate of drug-likeness (QED) is 0.510. The third kappa shape index (κ3) is 3.27. The number of carbonyl (C=O) groups is 1. The first-order valence-electron chi connectivity index (χ1n) is 7.67. The summed E-state index contributed by atoms with van der Waals surface area (Å²) in [5.41, 5.74) is 3.05. The molecule has 2 aromatic heterocycles. The summed E-state index contributed by atoms with van der Waals surface area (Å²) >= 11 is 11.8. The molecule has 26 heavy (non-hydrogen) atoms. The Labute approximate surface area is 158 Å². The lowest BCUT2D eigenvalue weighted by molar-refractivity contribution is 0.102. The van der Waals surface area contributed by atoms with Gasteiger partial charge in [-0.25, -0.2) is 4.98 Å². The van der Waals surface area contributed by atoms with Gasteiger partial charge in [-0.2, -0.15) is 0 Å². The van der Waals surface area contributed by atoms with Gasteiger partial charge in [-0.05, 0) is 48.5 Å². The van der Waals surface area contributed by atoms with Crippen molar-refractivity contribution in [1.82, 2.24) is 9.97 Å². The van der Waals surface area contributed by atoms with E-state index in [4.69, 9.17) is 27.6 Å². The molecule has 0 spiro atoms. The fourth-order valence-corrected chi connectivity index (χ4v) is 2.76. The van der Waals surface area contributed by atoms with Crippen molar-refractivity contribution in [3.05, 3.63) is 76.5 Å². The van der Waals surface area contributed by atoms with Crippen LogP contribution in [-0.2, 0) is 0 Å². The Bertz CT molecular complexity index is 1110. The number of aromatic nitrogens is 2. The first-order valence-corrected chi connectivity index (χ1v) is 8.43. The number of carbonyl (C=O) groups excluding carboxylic acids is 1. The smallest absolute Gasteiger partial charge is 0.255 e. The number of oxazole rings is 1. The molecule has 0 fully saturated rings. The number of nitrogens with one attached hydrogen (secondary N) is 1. The van der Waals surface area contributed by atoms with Gasteiger partial charge in [0.1, 0.15) is 5.52 Å². The van der Waals surface area contributed by atoms with Crippen molar-refractivity contribution >= 4 is 45.9 Å². The molecule has 7 heteroatoms. The van der Waals surface area contributed by atoms with Crippen LogP contribution in [0.3, 0.4) is 0 Å². The van der Waals surface area contributed by atoms with Crippen LogP contribution in [0, 0.1) is 0 Å². The molecule has 0 saturated carbocycles. The van der Waals surface area contributed by atoms with E-state index in [-0.39, 0.29) is 5.91 Å². The predicted octanol–water partition coefficient (Wildman–Crippen LogP) is 5.45. The van der Waals surface area contributed by atoms with Crippen LogP contribution in [0.25, 0.3) is 22.6 Å². The van der Waals surface area contributed by atoms with Crippen LogP contribution in [0.2, 0.25) is 10.0 Å². The average molecular weight is 384 g/mol. The van der Waals surface area contributed by atoms with Crippen molar-refractivity contribution in [3.63, 3.8) is 0 Å². The van der Waals surface area contributed by atoms with E-state index >= 15 is 0 Å². The molecule has 2 heterocycles. The second-order valence-corrected chi connectivity index (χ2v) is 6.34. The monoisotopic (exact) mass is 383 g/mol. The Balaban J connectivity index is 1.61. The number of nitrogens with zero attached hydrogens (tertiary/aromatic N) is 2. The van der Waals surface area contributed by atoms with Gasteiger partial charge in [-0.1, -0.05) is 23.2 Å². The standard InChI is InChI=1S/C19H11Cl2N3O2/c20-14-5-3-11(8-15(14)21)18(25)23-13-4-6-17-16(9-13)24-19(26-17)12-2-1-7-22-10-12/h1-10H,(H,23,25). The topological polar surface area (TPSA) is 68.0 Å². The van der Waals surface area contributed by atoms with Crippen LogP contribution in [0.15, 0.2) is 65.3 Å². The lowest BCUT2D eigenvalue weighted by Crippen LogP contribution is -2.11. The first kappa shape index (κ1) is 16.6. The van der Waals surface area contributed by atoms with Crippen LogP contribution >= 0.6 is 23.2 Å². The SMILES string of the molecule is O=C(Nc1ccc2oc(-c3cccnc3)nc2c1)c1ccc(Cl)c(Cl)c1. The number of amides is 1. The summed E-state index contributed by atoms with van der Waals surface area (Å²) in [4.78, 5) is 20.9. The number of pyridine rings is 1. The second-order valence-electron chi connectivity index (χ2n) is 5.53. The van der Waals surface area contributed by atoms with Crippen LogP contribution < -0.4 is 5.32 Å². The highest BCUT2D eigenvalue weighted by Crippen LogP contribution is 2.26. The fourth-order valence-electron chi connectivity index (χ4n) is 2.46. The molecule has 0 unspecified atom stereocenters. The maximum absolute atomic E-state index is 12.4. The van der Waals surface area contributed by atoms with Crippen molar-refractivity contribution in [2.24, 2.45) is 0 Å². The van der Waals surface area contributed by atoms with E-state index in [0.717, 1.165) is 5.56 Å². The van der Waals surface area contributed by atoms with Crippen LogP contribution in [-0.4, -0.2) is 15.9 Å². The molecule has 4 aromatic rings. The van der Waals surface area contributed by atoms with Gasteiger partial charge in [0.25, 0.3) is 5.91 Å². The van der Waals surface area contributed by atoms with E-state index in [0.29, 0.717) is 38.3 Å². The highest BCUT2D eigenvalue weighted by atomic mass is 35.5. The molecule has 5 nitrogen and oxygen atoms in total. The summed E-state index contributed by atoms with van der Waals surface area (Å²) in [7, 11) is 0. The maximum atomic E-state index is 12.4. The van der Waals surface area contributed by atoms with Gasteiger partial charge in [0.2, 0.25) is 5.89 Å². The molecule has 0 aliphatic carbocycles. The van der Waals surface area contributed by atoms with Crippen molar-refractivity contribution in [2.75, 3.05) is 5.32 Å². The summed E-state index contributed by atoms with van der Waals surface area (Å²) in [5, 5.41) is 3.54. The van der Waals surface area contributed by atoms with Gasteiger partial charge < -0.3 is 9.73 Å². The van der Waals surface area contributed by atoms with Crippen molar-refractivity contribution in [1.29, 1.82) is 0 Å². The van der Waals surface area contributed by atoms with Gasteiger partial charge in [0.15, 0.2) is 5.58 Å². The lowest BCUT2D eigenvalue weighted by atomic mass is 10.2. The van der Waals surface area contributed by atoms with Crippen molar-refractivity contribution < 1.29 is 9.21 Å². The van der Waals surface area contributed by atoms with Crippen LogP contribution in [0.5, 0.6) is 0 Å². The molecule has 2 aromatic carbocycles. The normalized spacial score (nSPS) is 10.8. The first-order chi connectivity index (χ1) is 12.6. The molecular weight excluding hydrogens is 373 g/mol. The minimum absolute atomic E-state index is 0.293. The number of halogens is 2. The Morgan fingerprint density at radius 1 is 1.04 bits per heavy atom. The van der Waals surface area contributed by atoms with E-state index in [1.54, 1.807) is 42.7 Å². The van der Waals surface area contributed by atoms with E-state index in [1.807, 2.05) is 12.1 Å². The van der Waals surface area contributed by atoms with E-state index in [9.17, 15) is 4.79 Å². The Morgan fingerprint density at radius 3 is 2.69 bits per heavy atom. The molecule has 1 N–H and O–H groups in total. The molecule has 0 aliphatic rings. The zero-order valence-corrected chi connectivity index (χ0v) is 14.8. The summed E-state index contributed by atoms with van der Waals surface area (Å²) in [5.74, 6) is 0.181. The van der Waals surface area contributed by atoms with Crippen molar-refractivity contribution in [3.8, 4) is 11.5 Å². The second kappa shape index (κ2) is 6.78. The number of hydrogen-bond donors (Lipinski definition) is 1. The van der Waals surface area contributed by atoms with Crippen LogP contribution in [0.4, 0.5) is 5.69 Å². The minimum Gasteiger partial charge on any atom is -0.436 e. The number of rotatable bonds is 3. The molecule has 128 valence electrons. The van der Waals surface area contributed by atoms with Crippen LogP contribution in [0.1, 0.15) is 10.4 Å². The Hall–Kier alpha value is -2.89. The fraction of sp³-hybridized carbons (Fsp3) is 0. The molecule has 0 aliphatic heterocycles. The molecular formula is C19H11Cl2N3O2. The maximum Gasteiger partial charge on any atom is 0.255 e. The zero-order valence-electron chi connectivity index (χ0n) is 13.2. The molecule has 0 atom stereocenters. The predicted molar refractivity (Wildman–Crippen MR) is 102 cm³/mol. The van der Waals surface area contributed by atoms with E-state index < -0.39 is 0 Å². The average Bonchev–Trinajstić information content (AvgIpc) is 3.08. The van der Waals surface area contributed by atoms with Gasteiger partial charge in [0.05, 0.1) is 15.6 Å². The lowest BCUT2D eigenvalue weighted by Gasteiger charge is -2.06. The van der Waals surface area contributed by atoms with E-state index in [2.05, 4.69) is 15.3 Å². The highest BCUT2D eigenvalue weighted by molar-refractivity contribution is 6.42. The van der Waals surface area contributed by atoms with E-state index in [1.165, 1.54) is 6.07 Å². The molecule has 0 bridgehead atoms. The van der Waals surface area contributed by atoms with Crippen molar-refractivity contribution in [2.45, 2.75) is 0 Å². The number of hydrogen-bond acceptors (Lipinski definition) is 4. The largest absolute Gasteiger partial charge is 0.436 e. The Kier molecular flexibility index (Phi) is 4.32. The zero-order chi connectivity index (χ0) is 18.1. The highest BCUT2D eigenvalue weighted by Gasteiger charge is 2.12. The molecule has 1 amide bonds. The number of fused-ring (bicyclic) bond motifs is 1. The van der Waals surface area contributed by atoms with Gasteiger partial charge in [0, 0.05) is 23.6 Å². The third-order valence-corrected chi connectivity index (χ3v) is 4.47. The summed E-state index contributed by atoms with van der Waals surface area (Å²) in [6.07, 6.45) is 3.36. The molecule has 0 saturated heterocycles. The third-order valence-electron chi connectivity index (χ3n) is 3.74. The van der Waals surface area contributed by atoms with Gasteiger partial charge >= 0.3 is 0 Å². The summed E-state index contributed by atoms with van der Waals surface area (Å²) < 4.78 is 5.73. The Morgan fingerprint density at radius 2 is 1.92 bits per heavy atom. The minimum atomic E-state index is -0.293. The molecule has 4 rings (SSSR count). The number of benzene rings is 2. The molecule has 0 radical (unpaired) electrons. The van der Waals surface area contributed by atoms with Gasteiger partial charge in [-0.15, -0.1) is 0 Å².